The molecule has 1 N–H and O–H groups in total. The lowest BCUT2D eigenvalue weighted by atomic mass is 10.2. The Morgan fingerprint density at radius 1 is 1.41 bits per heavy atom. The SMILES string of the molecule is CC(C)n1cnnc1SCc1nc2ccc(Cl)cc2c(=O)[nH]1. The van der Waals surface area contributed by atoms with Crippen LogP contribution < -0.4 is 5.56 Å². The number of benzene rings is 1. The van der Waals surface area contributed by atoms with E-state index in [4.69, 9.17) is 11.6 Å². The molecule has 0 saturated heterocycles. The summed E-state index contributed by atoms with van der Waals surface area (Å²) >= 11 is 7.39. The third-order valence-electron chi connectivity index (χ3n) is 3.15. The zero-order chi connectivity index (χ0) is 15.7. The molecule has 0 bridgehead atoms. The van der Waals surface area contributed by atoms with Crippen LogP contribution in [0, 0.1) is 0 Å². The van der Waals surface area contributed by atoms with Gasteiger partial charge in [0.25, 0.3) is 5.56 Å². The van der Waals surface area contributed by atoms with Crippen molar-refractivity contribution in [3.8, 4) is 0 Å². The van der Waals surface area contributed by atoms with Gasteiger partial charge in [-0.25, -0.2) is 4.98 Å². The molecule has 0 fully saturated rings. The van der Waals surface area contributed by atoms with Gasteiger partial charge in [-0.15, -0.1) is 10.2 Å². The van der Waals surface area contributed by atoms with Gasteiger partial charge in [-0.3, -0.25) is 4.79 Å². The van der Waals surface area contributed by atoms with Crippen molar-refractivity contribution in [1.82, 2.24) is 24.7 Å². The van der Waals surface area contributed by atoms with E-state index < -0.39 is 0 Å². The second-order valence-electron chi connectivity index (χ2n) is 5.08. The Morgan fingerprint density at radius 2 is 2.23 bits per heavy atom. The maximum atomic E-state index is 12.1. The number of rotatable bonds is 4. The minimum Gasteiger partial charge on any atom is -0.309 e. The molecule has 6 nitrogen and oxygen atoms in total. The van der Waals surface area contributed by atoms with Crippen molar-refractivity contribution < 1.29 is 0 Å². The van der Waals surface area contributed by atoms with Crippen molar-refractivity contribution in [1.29, 1.82) is 0 Å². The number of fused-ring (bicyclic) bond motifs is 1. The van der Waals surface area contributed by atoms with E-state index in [9.17, 15) is 4.79 Å². The first kappa shape index (κ1) is 15.1. The largest absolute Gasteiger partial charge is 0.309 e. The van der Waals surface area contributed by atoms with Crippen molar-refractivity contribution in [2.75, 3.05) is 0 Å². The van der Waals surface area contributed by atoms with Crippen LogP contribution in [0.3, 0.4) is 0 Å². The van der Waals surface area contributed by atoms with Gasteiger partial charge in [-0.1, -0.05) is 23.4 Å². The lowest BCUT2D eigenvalue weighted by Gasteiger charge is -2.09. The molecule has 0 unspecified atom stereocenters. The topological polar surface area (TPSA) is 76.5 Å². The fourth-order valence-electron chi connectivity index (χ4n) is 2.05. The maximum Gasteiger partial charge on any atom is 0.258 e. The molecule has 2 heterocycles. The average Bonchev–Trinajstić information content (AvgIpc) is 2.94. The maximum absolute atomic E-state index is 12.1. The molecule has 2 aromatic heterocycles. The molecule has 114 valence electrons. The van der Waals surface area contributed by atoms with Gasteiger partial charge in [-0.05, 0) is 32.0 Å². The van der Waals surface area contributed by atoms with E-state index in [2.05, 4.69) is 34.0 Å². The molecule has 0 aliphatic heterocycles. The summed E-state index contributed by atoms with van der Waals surface area (Å²) < 4.78 is 1.98. The molecule has 0 aliphatic carbocycles. The van der Waals surface area contributed by atoms with Crippen LogP contribution in [0.25, 0.3) is 10.9 Å². The van der Waals surface area contributed by atoms with Gasteiger partial charge in [0, 0.05) is 11.1 Å². The molecule has 8 heteroatoms. The third kappa shape index (κ3) is 3.00. The first-order valence-corrected chi connectivity index (χ1v) is 8.11. The Hall–Kier alpha value is -1.86. The third-order valence-corrected chi connectivity index (χ3v) is 4.35. The first-order chi connectivity index (χ1) is 10.5. The Morgan fingerprint density at radius 3 is 3.00 bits per heavy atom. The van der Waals surface area contributed by atoms with Gasteiger partial charge in [0.05, 0.1) is 16.7 Å². The van der Waals surface area contributed by atoms with E-state index in [1.54, 1.807) is 24.5 Å². The number of aromatic amines is 1. The number of hydrogen-bond acceptors (Lipinski definition) is 5. The number of nitrogens with zero attached hydrogens (tertiary/aromatic N) is 4. The van der Waals surface area contributed by atoms with Crippen molar-refractivity contribution in [2.45, 2.75) is 30.8 Å². The summed E-state index contributed by atoms with van der Waals surface area (Å²) in [6.07, 6.45) is 1.70. The molecule has 1 aromatic carbocycles. The van der Waals surface area contributed by atoms with Gasteiger partial charge in [0.15, 0.2) is 5.16 Å². The summed E-state index contributed by atoms with van der Waals surface area (Å²) in [6, 6.07) is 5.37. The van der Waals surface area contributed by atoms with E-state index in [-0.39, 0.29) is 11.6 Å². The monoisotopic (exact) mass is 335 g/mol. The zero-order valence-corrected chi connectivity index (χ0v) is 13.6. The first-order valence-electron chi connectivity index (χ1n) is 6.75. The van der Waals surface area contributed by atoms with E-state index in [0.717, 1.165) is 5.16 Å². The Kier molecular flexibility index (Phi) is 4.17. The van der Waals surface area contributed by atoms with E-state index in [0.29, 0.717) is 27.5 Å². The molecule has 3 rings (SSSR count). The highest BCUT2D eigenvalue weighted by Crippen LogP contribution is 2.22. The highest BCUT2D eigenvalue weighted by atomic mass is 35.5. The van der Waals surface area contributed by atoms with Gasteiger partial charge in [-0.2, -0.15) is 0 Å². The average molecular weight is 336 g/mol. The van der Waals surface area contributed by atoms with Gasteiger partial charge in [0.1, 0.15) is 12.2 Å². The van der Waals surface area contributed by atoms with Crippen LogP contribution in [0.15, 0.2) is 34.5 Å². The minimum absolute atomic E-state index is 0.187. The summed E-state index contributed by atoms with van der Waals surface area (Å²) in [7, 11) is 0. The lowest BCUT2D eigenvalue weighted by Crippen LogP contribution is -2.11. The number of halogens is 1. The predicted molar refractivity (Wildman–Crippen MR) is 87.3 cm³/mol. The molecule has 3 aromatic rings. The molecular weight excluding hydrogens is 322 g/mol. The van der Waals surface area contributed by atoms with Gasteiger partial charge in [0.2, 0.25) is 0 Å². The second kappa shape index (κ2) is 6.10. The molecule has 0 atom stereocenters. The van der Waals surface area contributed by atoms with E-state index >= 15 is 0 Å². The molecule has 0 amide bonds. The van der Waals surface area contributed by atoms with E-state index in [1.165, 1.54) is 11.8 Å². The highest BCUT2D eigenvalue weighted by molar-refractivity contribution is 7.98. The molecule has 0 aliphatic rings. The fraction of sp³-hybridized carbons (Fsp3) is 0.286. The van der Waals surface area contributed by atoms with Crippen LogP contribution in [0.4, 0.5) is 0 Å². The predicted octanol–water partition coefficient (Wildman–Crippen LogP) is 3.04. The number of thioether (sulfide) groups is 1. The van der Waals surface area contributed by atoms with Crippen molar-refractivity contribution in [3.63, 3.8) is 0 Å². The van der Waals surface area contributed by atoms with Crippen LogP contribution in [0.5, 0.6) is 0 Å². The Bertz CT molecular complexity index is 873. The van der Waals surface area contributed by atoms with Crippen LogP contribution in [0.2, 0.25) is 5.02 Å². The molecule has 0 saturated carbocycles. The normalized spacial score (nSPS) is 11.5. The Labute approximate surface area is 135 Å². The summed E-state index contributed by atoms with van der Waals surface area (Å²) in [5, 5.41) is 9.82. The molecule has 0 radical (unpaired) electrons. The number of hydrogen-bond donors (Lipinski definition) is 1. The highest BCUT2D eigenvalue weighted by Gasteiger charge is 2.10. The summed E-state index contributed by atoms with van der Waals surface area (Å²) in [4.78, 5) is 19.3. The van der Waals surface area contributed by atoms with Gasteiger partial charge >= 0.3 is 0 Å². The van der Waals surface area contributed by atoms with Crippen LogP contribution in [-0.2, 0) is 5.75 Å². The second-order valence-corrected chi connectivity index (χ2v) is 6.46. The van der Waals surface area contributed by atoms with Crippen LogP contribution in [-0.4, -0.2) is 24.7 Å². The van der Waals surface area contributed by atoms with Crippen LogP contribution >= 0.6 is 23.4 Å². The zero-order valence-electron chi connectivity index (χ0n) is 12.1. The smallest absolute Gasteiger partial charge is 0.258 e. The summed E-state index contributed by atoms with van der Waals surface area (Å²) in [5.41, 5.74) is 0.447. The molecule has 22 heavy (non-hydrogen) atoms. The van der Waals surface area contributed by atoms with Crippen molar-refractivity contribution in [3.05, 3.63) is 45.7 Å². The lowest BCUT2D eigenvalue weighted by molar-refractivity contribution is 0.549. The number of nitrogens with one attached hydrogen (secondary N) is 1. The summed E-state index contributed by atoms with van der Waals surface area (Å²) in [6.45, 7) is 4.13. The van der Waals surface area contributed by atoms with Crippen LogP contribution in [0.1, 0.15) is 25.7 Å². The van der Waals surface area contributed by atoms with Crippen molar-refractivity contribution in [2.24, 2.45) is 0 Å². The van der Waals surface area contributed by atoms with Crippen molar-refractivity contribution >= 4 is 34.3 Å². The number of aromatic nitrogens is 5. The molecular formula is C14H14ClN5OS. The quantitative estimate of drug-likeness (QED) is 0.741. The standard InChI is InChI=1S/C14H14ClN5OS/c1-8(2)20-7-16-19-14(20)22-6-12-17-11-4-3-9(15)5-10(11)13(21)18-12/h3-5,7-8H,6H2,1-2H3,(H,17,18,21). The number of H-pyrrole nitrogens is 1. The fourth-order valence-corrected chi connectivity index (χ4v) is 3.14. The minimum atomic E-state index is -0.187. The summed E-state index contributed by atoms with van der Waals surface area (Å²) in [5.74, 6) is 1.11. The van der Waals surface area contributed by atoms with Gasteiger partial charge < -0.3 is 9.55 Å². The molecule has 0 spiro atoms. The van der Waals surface area contributed by atoms with E-state index in [1.807, 2.05) is 4.57 Å². The Balaban J connectivity index is 1.87.